The van der Waals surface area contributed by atoms with Gasteiger partial charge < -0.3 is 0 Å². The molecule has 0 aromatic heterocycles. The second-order valence-electron chi connectivity index (χ2n) is 6.52. The quantitative estimate of drug-likeness (QED) is 0.861. The van der Waals surface area contributed by atoms with Crippen LogP contribution in [0.2, 0.25) is 0 Å². The standard InChI is InChI=1S/C15H26N2O3S2/c1-12(2)17(6)22(19,20)16-14-9-7-8-13(10-14)11-21(18)15(3,4)5/h7-10,12,16H,11H2,1-6H3/t21-/m0/s1. The van der Waals surface area contributed by atoms with E-state index in [2.05, 4.69) is 4.72 Å². The van der Waals surface area contributed by atoms with E-state index in [0.717, 1.165) is 5.56 Å². The van der Waals surface area contributed by atoms with E-state index < -0.39 is 21.0 Å². The van der Waals surface area contributed by atoms with Gasteiger partial charge in [0.2, 0.25) is 0 Å². The van der Waals surface area contributed by atoms with Gasteiger partial charge in [0.05, 0.1) is 5.69 Å². The molecule has 0 saturated heterocycles. The third kappa shape index (κ3) is 5.37. The number of rotatable bonds is 6. The maximum atomic E-state index is 12.2. The number of nitrogens with one attached hydrogen (secondary N) is 1. The van der Waals surface area contributed by atoms with Crippen molar-refractivity contribution in [3.8, 4) is 0 Å². The summed E-state index contributed by atoms with van der Waals surface area (Å²) in [5.74, 6) is 0.402. The molecule has 1 rings (SSSR count). The third-order valence-electron chi connectivity index (χ3n) is 3.26. The Morgan fingerprint density at radius 1 is 1.27 bits per heavy atom. The SMILES string of the molecule is CC(C)N(C)S(=O)(=O)Nc1cccc(C[S@](=O)C(C)(C)C)c1. The van der Waals surface area contributed by atoms with Crippen LogP contribution in [0.25, 0.3) is 0 Å². The van der Waals surface area contributed by atoms with Gasteiger partial charge in [0.1, 0.15) is 0 Å². The van der Waals surface area contributed by atoms with E-state index in [1.807, 2.05) is 40.7 Å². The normalized spacial score (nSPS) is 14.4. The highest BCUT2D eigenvalue weighted by atomic mass is 32.2. The molecule has 1 aromatic carbocycles. The summed E-state index contributed by atoms with van der Waals surface area (Å²) >= 11 is 0. The molecule has 22 heavy (non-hydrogen) atoms. The van der Waals surface area contributed by atoms with Gasteiger partial charge in [-0.25, -0.2) is 0 Å². The largest absolute Gasteiger partial charge is 0.301 e. The van der Waals surface area contributed by atoms with Crippen LogP contribution in [0.3, 0.4) is 0 Å². The molecule has 0 saturated carbocycles. The van der Waals surface area contributed by atoms with Crippen LogP contribution in [0.1, 0.15) is 40.2 Å². The van der Waals surface area contributed by atoms with Crippen LogP contribution in [0.5, 0.6) is 0 Å². The highest BCUT2D eigenvalue weighted by molar-refractivity contribution is 7.90. The van der Waals surface area contributed by atoms with Gasteiger partial charge in [0, 0.05) is 34.4 Å². The van der Waals surface area contributed by atoms with E-state index >= 15 is 0 Å². The van der Waals surface area contributed by atoms with Gasteiger partial charge in [-0.2, -0.15) is 12.7 Å². The number of benzene rings is 1. The molecule has 5 nitrogen and oxygen atoms in total. The molecule has 1 aromatic rings. The average molecular weight is 347 g/mol. The minimum Gasteiger partial charge on any atom is -0.271 e. The van der Waals surface area contributed by atoms with Crippen molar-refractivity contribution in [3.05, 3.63) is 29.8 Å². The van der Waals surface area contributed by atoms with E-state index in [0.29, 0.717) is 11.4 Å². The molecule has 1 N–H and O–H groups in total. The van der Waals surface area contributed by atoms with Crippen LogP contribution in [-0.4, -0.2) is 34.8 Å². The molecule has 0 aliphatic rings. The molecule has 0 bridgehead atoms. The first-order valence-corrected chi connectivity index (χ1v) is 9.92. The Morgan fingerprint density at radius 2 is 1.86 bits per heavy atom. The first-order valence-electron chi connectivity index (χ1n) is 7.16. The highest BCUT2D eigenvalue weighted by Crippen LogP contribution is 2.20. The van der Waals surface area contributed by atoms with Crippen molar-refractivity contribution in [2.45, 2.75) is 51.2 Å². The second kappa shape index (κ2) is 7.10. The summed E-state index contributed by atoms with van der Waals surface area (Å²) in [6, 6.07) is 6.91. The van der Waals surface area contributed by atoms with Crippen molar-refractivity contribution in [1.82, 2.24) is 4.31 Å². The zero-order chi connectivity index (χ0) is 17.1. The van der Waals surface area contributed by atoms with Crippen molar-refractivity contribution in [1.29, 1.82) is 0 Å². The van der Waals surface area contributed by atoms with E-state index in [9.17, 15) is 12.6 Å². The predicted octanol–water partition coefficient (Wildman–Crippen LogP) is 2.73. The van der Waals surface area contributed by atoms with Crippen LogP contribution in [0, 0.1) is 0 Å². The van der Waals surface area contributed by atoms with Gasteiger partial charge >= 0.3 is 10.2 Å². The summed E-state index contributed by atoms with van der Waals surface area (Å²) in [6.45, 7) is 9.39. The average Bonchev–Trinajstić information content (AvgIpc) is 2.36. The zero-order valence-corrected chi connectivity index (χ0v) is 15.7. The maximum Gasteiger partial charge on any atom is 0.301 e. The Hall–Kier alpha value is -0.920. The Morgan fingerprint density at radius 3 is 2.36 bits per heavy atom. The fourth-order valence-corrected chi connectivity index (χ4v) is 3.63. The lowest BCUT2D eigenvalue weighted by Gasteiger charge is -2.22. The lowest BCUT2D eigenvalue weighted by Crippen LogP contribution is -2.37. The summed E-state index contributed by atoms with van der Waals surface area (Å²) in [5, 5.41) is 0. The Kier molecular flexibility index (Phi) is 6.18. The molecule has 0 aliphatic heterocycles. The fourth-order valence-electron chi connectivity index (χ4n) is 1.59. The smallest absolute Gasteiger partial charge is 0.271 e. The van der Waals surface area contributed by atoms with Gasteiger partial charge in [-0.1, -0.05) is 12.1 Å². The Balaban J connectivity index is 2.92. The van der Waals surface area contributed by atoms with E-state index in [-0.39, 0.29) is 10.8 Å². The van der Waals surface area contributed by atoms with Crippen molar-refractivity contribution in [2.24, 2.45) is 0 Å². The van der Waals surface area contributed by atoms with Gasteiger partial charge in [-0.15, -0.1) is 0 Å². The van der Waals surface area contributed by atoms with E-state index in [1.54, 1.807) is 18.2 Å². The lowest BCUT2D eigenvalue weighted by atomic mass is 10.2. The first kappa shape index (κ1) is 19.1. The Labute approximate surface area is 136 Å². The number of anilines is 1. The molecule has 7 heteroatoms. The first-order chi connectivity index (χ1) is 9.93. The van der Waals surface area contributed by atoms with Gasteiger partial charge in [0.25, 0.3) is 0 Å². The topological polar surface area (TPSA) is 66.5 Å². The maximum absolute atomic E-state index is 12.2. The molecule has 0 spiro atoms. The van der Waals surface area contributed by atoms with Crippen molar-refractivity contribution in [3.63, 3.8) is 0 Å². The molecular formula is C15H26N2O3S2. The second-order valence-corrected chi connectivity index (χ2v) is 10.5. The third-order valence-corrected chi connectivity index (χ3v) is 6.90. The van der Waals surface area contributed by atoms with Gasteiger partial charge in [-0.3, -0.25) is 8.93 Å². The zero-order valence-electron chi connectivity index (χ0n) is 14.1. The number of nitrogens with zero attached hydrogens (tertiary/aromatic N) is 1. The van der Waals surface area contributed by atoms with Crippen molar-refractivity contribution in [2.75, 3.05) is 11.8 Å². The van der Waals surface area contributed by atoms with Crippen LogP contribution in [-0.2, 0) is 26.8 Å². The summed E-state index contributed by atoms with van der Waals surface area (Å²) in [5.41, 5.74) is 1.33. The predicted molar refractivity (Wildman–Crippen MR) is 93.5 cm³/mol. The van der Waals surface area contributed by atoms with Gasteiger partial charge in [0.15, 0.2) is 0 Å². The number of hydrogen-bond acceptors (Lipinski definition) is 3. The molecule has 126 valence electrons. The summed E-state index contributed by atoms with van der Waals surface area (Å²) in [6.07, 6.45) is 0. The van der Waals surface area contributed by atoms with Crippen LogP contribution in [0.4, 0.5) is 5.69 Å². The van der Waals surface area contributed by atoms with Crippen LogP contribution in [0.15, 0.2) is 24.3 Å². The molecule has 0 amide bonds. The summed E-state index contributed by atoms with van der Waals surface area (Å²) in [4.78, 5) is 0. The fraction of sp³-hybridized carbons (Fsp3) is 0.600. The Bertz CT molecular complexity index is 634. The molecule has 0 aliphatic carbocycles. The van der Waals surface area contributed by atoms with Crippen molar-refractivity contribution < 1.29 is 12.6 Å². The van der Waals surface area contributed by atoms with Gasteiger partial charge in [-0.05, 0) is 52.3 Å². The van der Waals surface area contributed by atoms with Crippen LogP contribution >= 0.6 is 0 Å². The summed E-state index contributed by atoms with van der Waals surface area (Å²) < 4.78 is 40.1. The van der Waals surface area contributed by atoms with E-state index in [1.165, 1.54) is 11.4 Å². The van der Waals surface area contributed by atoms with Crippen LogP contribution < -0.4 is 4.72 Å². The minimum atomic E-state index is -3.58. The minimum absolute atomic E-state index is 0.130. The highest BCUT2D eigenvalue weighted by Gasteiger charge is 2.21. The lowest BCUT2D eigenvalue weighted by molar-refractivity contribution is 0.414. The van der Waals surface area contributed by atoms with E-state index in [4.69, 9.17) is 0 Å². The monoisotopic (exact) mass is 346 g/mol. The molecule has 0 heterocycles. The molecule has 0 fully saturated rings. The summed E-state index contributed by atoms with van der Waals surface area (Å²) in [7, 11) is -3.07. The van der Waals surface area contributed by atoms with Crippen molar-refractivity contribution >= 4 is 26.7 Å². The molecule has 1 atom stereocenters. The molecule has 0 radical (unpaired) electrons. The molecule has 0 unspecified atom stereocenters. The number of hydrogen-bond donors (Lipinski definition) is 1. The molecular weight excluding hydrogens is 320 g/mol.